The van der Waals surface area contributed by atoms with Crippen LogP contribution in [0.25, 0.3) is 0 Å². The van der Waals surface area contributed by atoms with Crippen LogP contribution < -0.4 is 5.32 Å². The highest BCUT2D eigenvalue weighted by Crippen LogP contribution is 2.11. The lowest BCUT2D eigenvalue weighted by molar-refractivity contribution is -0.130. The fourth-order valence-electron chi connectivity index (χ4n) is 0.719. The molecule has 0 spiro atoms. The minimum absolute atomic E-state index is 0.363. The van der Waals surface area contributed by atoms with E-state index in [0.717, 1.165) is 0 Å². The summed E-state index contributed by atoms with van der Waals surface area (Å²) >= 11 is 5.61. The second kappa shape index (κ2) is 3.94. The van der Waals surface area contributed by atoms with Crippen molar-refractivity contribution in [1.29, 1.82) is 0 Å². The zero-order valence-corrected chi connectivity index (χ0v) is 8.67. The van der Waals surface area contributed by atoms with Gasteiger partial charge in [-0.3, -0.25) is 4.79 Å². The van der Waals surface area contributed by atoms with Gasteiger partial charge in [-0.05, 0) is 26.0 Å². The van der Waals surface area contributed by atoms with Gasteiger partial charge >= 0.3 is 0 Å². The highest BCUT2D eigenvalue weighted by molar-refractivity contribution is 6.30. The van der Waals surface area contributed by atoms with Crippen LogP contribution in [0.2, 0.25) is 5.02 Å². The van der Waals surface area contributed by atoms with Gasteiger partial charge in [-0.25, -0.2) is 4.98 Å². The third kappa shape index (κ3) is 2.97. The maximum Gasteiger partial charge on any atom is 0.256 e. The van der Waals surface area contributed by atoms with E-state index in [0.29, 0.717) is 10.8 Å². The first-order valence-electron chi connectivity index (χ1n) is 4.05. The monoisotopic (exact) mass is 214 g/mol. The number of hydrogen-bond acceptors (Lipinski definition) is 3. The molecule has 1 aromatic heterocycles. The number of carbonyl (C=O) groups excluding carboxylic acids is 1. The molecule has 2 N–H and O–H groups in total. The Kier molecular flexibility index (Phi) is 3.08. The summed E-state index contributed by atoms with van der Waals surface area (Å²) in [4.78, 5) is 15.1. The Labute approximate surface area is 86.9 Å². The van der Waals surface area contributed by atoms with Gasteiger partial charge in [-0.1, -0.05) is 11.6 Å². The van der Waals surface area contributed by atoms with Gasteiger partial charge in [-0.15, -0.1) is 0 Å². The molecule has 0 atom stereocenters. The Morgan fingerprint density at radius 2 is 2.21 bits per heavy atom. The number of rotatable bonds is 2. The average molecular weight is 215 g/mol. The molecule has 0 fully saturated rings. The third-order valence-corrected chi connectivity index (χ3v) is 1.75. The molecule has 1 amide bonds. The van der Waals surface area contributed by atoms with E-state index in [1.165, 1.54) is 20.0 Å². The second-order valence-corrected chi connectivity index (χ2v) is 3.81. The zero-order valence-electron chi connectivity index (χ0n) is 7.91. The molecule has 76 valence electrons. The fourth-order valence-corrected chi connectivity index (χ4v) is 0.831. The molecule has 1 rings (SSSR count). The maximum atomic E-state index is 11.3. The van der Waals surface area contributed by atoms with Gasteiger partial charge in [-0.2, -0.15) is 0 Å². The van der Waals surface area contributed by atoms with Crippen LogP contribution in [0.3, 0.4) is 0 Å². The Balaban J connectivity index is 2.71. The number of hydrogen-bond donors (Lipinski definition) is 2. The van der Waals surface area contributed by atoms with E-state index >= 15 is 0 Å². The first-order chi connectivity index (χ1) is 6.39. The van der Waals surface area contributed by atoms with Gasteiger partial charge in [0.05, 0.1) is 5.02 Å². The molecule has 0 aliphatic rings. The lowest BCUT2D eigenvalue weighted by atomic mass is 10.1. The summed E-state index contributed by atoms with van der Waals surface area (Å²) in [6, 6.07) is 3.17. The van der Waals surface area contributed by atoms with E-state index in [2.05, 4.69) is 10.3 Å². The Morgan fingerprint density at radius 1 is 1.57 bits per heavy atom. The summed E-state index contributed by atoms with van der Waals surface area (Å²) in [6.45, 7) is 2.80. The highest BCUT2D eigenvalue weighted by atomic mass is 35.5. The Morgan fingerprint density at radius 3 is 2.64 bits per heavy atom. The summed E-state index contributed by atoms with van der Waals surface area (Å²) in [5.41, 5.74) is -1.42. The first kappa shape index (κ1) is 10.9. The normalized spacial score (nSPS) is 11.1. The number of carbonyl (C=O) groups is 1. The van der Waals surface area contributed by atoms with Crippen molar-refractivity contribution in [1.82, 2.24) is 4.98 Å². The Bertz CT molecular complexity index is 330. The van der Waals surface area contributed by atoms with Crippen molar-refractivity contribution < 1.29 is 9.90 Å². The third-order valence-electron chi connectivity index (χ3n) is 1.52. The molecule has 1 aromatic rings. The zero-order chi connectivity index (χ0) is 10.8. The van der Waals surface area contributed by atoms with E-state index in [-0.39, 0.29) is 0 Å². The molecular weight excluding hydrogens is 204 g/mol. The topological polar surface area (TPSA) is 62.2 Å². The molecule has 5 heteroatoms. The van der Waals surface area contributed by atoms with E-state index < -0.39 is 11.5 Å². The van der Waals surface area contributed by atoms with E-state index in [1.54, 1.807) is 12.1 Å². The molecule has 1 heterocycles. The summed E-state index contributed by atoms with van der Waals surface area (Å²) in [5, 5.41) is 12.3. The van der Waals surface area contributed by atoms with Crippen LogP contribution in [-0.2, 0) is 4.79 Å². The minimum Gasteiger partial charge on any atom is -0.381 e. The van der Waals surface area contributed by atoms with Crippen LogP contribution >= 0.6 is 11.6 Å². The number of anilines is 1. The summed E-state index contributed by atoms with van der Waals surface area (Å²) in [6.07, 6.45) is 1.42. The quantitative estimate of drug-likeness (QED) is 0.783. The van der Waals surface area contributed by atoms with Crippen molar-refractivity contribution in [2.75, 3.05) is 5.32 Å². The molecule has 0 unspecified atom stereocenters. The van der Waals surface area contributed by atoms with Gasteiger partial charge < -0.3 is 10.4 Å². The lowest BCUT2D eigenvalue weighted by Gasteiger charge is -2.15. The van der Waals surface area contributed by atoms with E-state index in [4.69, 9.17) is 11.6 Å². The lowest BCUT2D eigenvalue weighted by Crippen LogP contribution is -2.36. The second-order valence-electron chi connectivity index (χ2n) is 3.37. The number of nitrogens with zero attached hydrogens (tertiary/aromatic N) is 1. The van der Waals surface area contributed by atoms with Crippen LogP contribution in [-0.4, -0.2) is 21.6 Å². The van der Waals surface area contributed by atoms with Crippen LogP contribution in [0.4, 0.5) is 5.82 Å². The number of nitrogens with one attached hydrogen (secondary N) is 1. The summed E-state index contributed by atoms with van der Waals surface area (Å²) < 4.78 is 0. The molecule has 0 radical (unpaired) electrons. The predicted octanol–water partition coefficient (Wildman–Crippen LogP) is 1.44. The molecule has 0 aliphatic carbocycles. The van der Waals surface area contributed by atoms with Crippen molar-refractivity contribution in [2.24, 2.45) is 0 Å². The number of amides is 1. The molecular formula is C9H11ClN2O2. The molecule has 0 aromatic carbocycles. The van der Waals surface area contributed by atoms with Crippen molar-refractivity contribution >= 4 is 23.3 Å². The van der Waals surface area contributed by atoms with Crippen molar-refractivity contribution in [3.8, 4) is 0 Å². The molecule has 4 nitrogen and oxygen atoms in total. The fraction of sp³-hybridized carbons (Fsp3) is 0.333. The largest absolute Gasteiger partial charge is 0.381 e. The number of pyridine rings is 1. The van der Waals surface area contributed by atoms with E-state index in [1.807, 2.05) is 0 Å². The van der Waals surface area contributed by atoms with Crippen molar-refractivity contribution in [2.45, 2.75) is 19.4 Å². The Hall–Kier alpha value is -1.13. The van der Waals surface area contributed by atoms with Crippen molar-refractivity contribution in [3.63, 3.8) is 0 Å². The SMILES string of the molecule is CC(C)(O)C(=O)Nc1ccc(Cl)cn1. The van der Waals surface area contributed by atoms with Crippen LogP contribution in [0.1, 0.15) is 13.8 Å². The van der Waals surface area contributed by atoms with Gasteiger partial charge in [0.2, 0.25) is 0 Å². The van der Waals surface area contributed by atoms with Crippen LogP contribution in [0.5, 0.6) is 0 Å². The summed E-state index contributed by atoms with van der Waals surface area (Å²) in [5.74, 6) is -0.145. The summed E-state index contributed by atoms with van der Waals surface area (Å²) in [7, 11) is 0. The van der Waals surface area contributed by atoms with Gasteiger partial charge in [0.25, 0.3) is 5.91 Å². The first-order valence-corrected chi connectivity index (χ1v) is 4.43. The maximum absolute atomic E-state index is 11.3. The number of aromatic nitrogens is 1. The molecule has 0 saturated carbocycles. The molecule has 0 aliphatic heterocycles. The van der Waals surface area contributed by atoms with E-state index in [9.17, 15) is 9.90 Å². The average Bonchev–Trinajstić information content (AvgIpc) is 2.07. The highest BCUT2D eigenvalue weighted by Gasteiger charge is 2.23. The minimum atomic E-state index is -1.42. The predicted molar refractivity (Wildman–Crippen MR) is 54.2 cm³/mol. The number of halogens is 1. The van der Waals surface area contributed by atoms with Gasteiger partial charge in [0.15, 0.2) is 0 Å². The molecule has 0 bridgehead atoms. The van der Waals surface area contributed by atoms with Gasteiger partial charge in [0.1, 0.15) is 11.4 Å². The molecule has 14 heavy (non-hydrogen) atoms. The van der Waals surface area contributed by atoms with Crippen LogP contribution in [0.15, 0.2) is 18.3 Å². The van der Waals surface area contributed by atoms with Crippen molar-refractivity contribution in [3.05, 3.63) is 23.4 Å². The standard InChI is InChI=1S/C9H11ClN2O2/c1-9(2,14)8(13)12-7-4-3-6(10)5-11-7/h3-5,14H,1-2H3,(H,11,12,13). The smallest absolute Gasteiger partial charge is 0.256 e. The van der Waals surface area contributed by atoms with Gasteiger partial charge in [0, 0.05) is 6.20 Å². The molecule has 0 saturated heterocycles. The van der Waals surface area contributed by atoms with Crippen LogP contribution in [0, 0.1) is 0 Å². The number of aliphatic hydroxyl groups is 1.